The first-order chi connectivity index (χ1) is 12.6. The van der Waals surface area contributed by atoms with Crippen molar-refractivity contribution in [3.8, 4) is 0 Å². The van der Waals surface area contributed by atoms with Gasteiger partial charge in [-0.1, -0.05) is 24.3 Å². The molecule has 0 amide bonds. The number of rotatable bonds is 7. The van der Waals surface area contributed by atoms with Gasteiger partial charge >= 0.3 is 0 Å². The number of nitrogens with one attached hydrogen (secondary N) is 2. The van der Waals surface area contributed by atoms with Crippen LogP contribution < -0.4 is 10.6 Å². The fraction of sp³-hybridized carbons (Fsp3) is 0.222. The van der Waals surface area contributed by atoms with Gasteiger partial charge in [0.1, 0.15) is 5.69 Å². The van der Waals surface area contributed by atoms with Gasteiger partial charge in [-0.3, -0.25) is 10.1 Å². The van der Waals surface area contributed by atoms with Crippen LogP contribution in [0.1, 0.15) is 18.1 Å². The van der Waals surface area contributed by atoms with Gasteiger partial charge < -0.3 is 15.7 Å². The van der Waals surface area contributed by atoms with Crippen LogP contribution in [0.25, 0.3) is 10.9 Å². The van der Waals surface area contributed by atoms with E-state index in [9.17, 15) is 15.2 Å². The molecule has 0 aliphatic rings. The molecule has 1 heterocycles. The Bertz CT molecular complexity index is 945. The second kappa shape index (κ2) is 7.75. The lowest BCUT2D eigenvalue weighted by Crippen LogP contribution is -2.06. The van der Waals surface area contributed by atoms with E-state index in [2.05, 4.69) is 20.6 Å². The number of hydrogen-bond acceptors (Lipinski definition) is 7. The number of fused-ring (bicyclic) bond motifs is 1. The van der Waals surface area contributed by atoms with Gasteiger partial charge in [0.2, 0.25) is 5.95 Å². The van der Waals surface area contributed by atoms with E-state index in [1.165, 1.54) is 6.07 Å². The molecule has 0 aliphatic carbocycles. The minimum atomic E-state index is -0.421. The number of aliphatic hydroxyl groups excluding tert-OH is 1. The third kappa shape index (κ3) is 3.70. The molecule has 1 aromatic heterocycles. The van der Waals surface area contributed by atoms with Gasteiger partial charge in [0, 0.05) is 30.7 Å². The minimum absolute atomic E-state index is 0.000493. The fourth-order valence-electron chi connectivity index (χ4n) is 2.69. The molecule has 8 nitrogen and oxygen atoms in total. The minimum Gasteiger partial charge on any atom is -0.392 e. The van der Waals surface area contributed by atoms with E-state index in [4.69, 9.17) is 0 Å². The Morgan fingerprint density at radius 1 is 1.19 bits per heavy atom. The van der Waals surface area contributed by atoms with E-state index in [0.29, 0.717) is 35.6 Å². The molecule has 0 saturated heterocycles. The first-order valence-electron chi connectivity index (χ1n) is 8.23. The fourth-order valence-corrected chi connectivity index (χ4v) is 2.69. The van der Waals surface area contributed by atoms with Gasteiger partial charge in [0.15, 0.2) is 0 Å². The summed E-state index contributed by atoms with van der Waals surface area (Å²) in [6.45, 7) is 2.88. The van der Waals surface area contributed by atoms with Crippen LogP contribution in [0.3, 0.4) is 0 Å². The average molecular weight is 353 g/mol. The summed E-state index contributed by atoms with van der Waals surface area (Å²) in [7, 11) is 0. The van der Waals surface area contributed by atoms with Crippen LogP contribution in [0.15, 0.2) is 42.6 Å². The summed E-state index contributed by atoms with van der Waals surface area (Å²) in [6.07, 6.45) is 1.56. The third-order valence-electron chi connectivity index (χ3n) is 3.99. The summed E-state index contributed by atoms with van der Waals surface area (Å²) in [5.41, 5.74) is 2.84. The van der Waals surface area contributed by atoms with Gasteiger partial charge in [-0.2, -0.15) is 0 Å². The SMILES string of the molecule is CCNc1cc2nc(NCc3ccccc3CO)ncc2cc1[N+](=O)[O-]. The molecule has 134 valence electrons. The number of benzene rings is 2. The highest BCUT2D eigenvalue weighted by Gasteiger charge is 2.15. The second-order valence-corrected chi connectivity index (χ2v) is 5.69. The molecule has 0 unspecified atom stereocenters. The molecule has 26 heavy (non-hydrogen) atoms. The van der Waals surface area contributed by atoms with E-state index in [1.54, 1.807) is 12.3 Å². The average Bonchev–Trinajstić information content (AvgIpc) is 2.66. The summed E-state index contributed by atoms with van der Waals surface area (Å²) < 4.78 is 0. The van der Waals surface area contributed by atoms with Crippen molar-refractivity contribution in [2.45, 2.75) is 20.1 Å². The van der Waals surface area contributed by atoms with Crippen LogP contribution in [0.4, 0.5) is 17.3 Å². The van der Waals surface area contributed by atoms with Crippen LogP contribution >= 0.6 is 0 Å². The van der Waals surface area contributed by atoms with Crippen molar-refractivity contribution >= 4 is 28.2 Å². The number of hydrogen-bond donors (Lipinski definition) is 3. The molecule has 0 atom stereocenters. The normalized spacial score (nSPS) is 10.7. The molecule has 8 heteroatoms. The van der Waals surface area contributed by atoms with Crippen LogP contribution in [-0.2, 0) is 13.2 Å². The van der Waals surface area contributed by atoms with Crippen LogP contribution in [0.2, 0.25) is 0 Å². The smallest absolute Gasteiger partial charge is 0.293 e. The Morgan fingerprint density at radius 3 is 2.65 bits per heavy atom. The maximum absolute atomic E-state index is 11.2. The third-order valence-corrected chi connectivity index (χ3v) is 3.99. The zero-order valence-electron chi connectivity index (χ0n) is 14.3. The van der Waals surface area contributed by atoms with Crippen molar-refractivity contribution in [1.29, 1.82) is 0 Å². The number of aromatic nitrogens is 2. The molecular weight excluding hydrogens is 334 g/mol. The Labute approximate surface area is 150 Å². The molecule has 0 fully saturated rings. The lowest BCUT2D eigenvalue weighted by atomic mass is 10.1. The molecule has 0 saturated carbocycles. The van der Waals surface area contributed by atoms with E-state index in [0.717, 1.165) is 11.1 Å². The monoisotopic (exact) mass is 353 g/mol. The van der Waals surface area contributed by atoms with Gasteiger partial charge in [-0.15, -0.1) is 0 Å². The summed E-state index contributed by atoms with van der Waals surface area (Å²) in [6, 6.07) is 10.7. The molecule has 2 aromatic carbocycles. The number of nitrogens with zero attached hydrogens (tertiary/aromatic N) is 3. The topological polar surface area (TPSA) is 113 Å². The Balaban J connectivity index is 1.88. The van der Waals surface area contributed by atoms with Gasteiger partial charge in [-0.25, -0.2) is 9.97 Å². The highest BCUT2D eigenvalue weighted by molar-refractivity contribution is 5.87. The van der Waals surface area contributed by atoms with Crippen LogP contribution in [0.5, 0.6) is 0 Å². The maximum Gasteiger partial charge on any atom is 0.293 e. The maximum atomic E-state index is 11.2. The van der Waals surface area contributed by atoms with Crippen LogP contribution in [-0.4, -0.2) is 26.5 Å². The molecule has 0 spiro atoms. The first-order valence-corrected chi connectivity index (χ1v) is 8.23. The second-order valence-electron chi connectivity index (χ2n) is 5.69. The van der Waals surface area contributed by atoms with E-state index in [-0.39, 0.29) is 12.3 Å². The standard InChI is InChI=1S/C18H19N5O3/c1-2-19-16-8-15-14(7-17(16)23(25)26)10-21-18(22-15)20-9-12-5-3-4-6-13(12)11-24/h3-8,10,19,24H,2,9,11H2,1H3,(H,20,21,22). The zero-order valence-corrected chi connectivity index (χ0v) is 14.3. The van der Waals surface area contributed by atoms with Gasteiger partial charge in [0.25, 0.3) is 5.69 Å². The van der Waals surface area contributed by atoms with Gasteiger partial charge in [0.05, 0.1) is 17.0 Å². The lowest BCUT2D eigenvalue weighted by Gasteiger charge is -2.10. The predicted molar refractivity (Wildman–Crippen MR) is 100 cm³/mol. The van der Waals surface area contributed by atoms with Gasteiger partial charge in [-0.05, 0) is 24.1 Å². The Kier molecular flexibility index (Phi) is 5.23. The van der Waals surface area contributed by atoms with E-state index >= 15 is 0 Å². The van der Waals surface area contributed by atoms with Crippen molar-refractivity contribution in [2.75, 3.05) is 17.2 Å². The Morgan fingerprint density at radius 2 is 1.96 bits per heavy atom. The first kappa shape index (κ1) is 17.6. The molecule has 0 radical (unpaired) electrons. The molecule has 0 aliphatic heterocycles. The van der Waals surface area contributed by atoms with Crippen molar-refractivity contribution in [3.63, 3.8) is 0 Å². The summed E-state index contributed by atoms with van der Waals surface area (Å²) in [4.78, 5) is 19.5. The number of aliphatic hydroxyl groups is 1. The quantitative estimate of drug-likeness (QED) is 0.442. The summed E-state index contributed by atoms with van der Waals surface area (Å²) in [5.74, 6) is 0.418. The Hall–Kier alpha value is -3.26. The van der Waals surface area contributed by atoms with Crippen LogP contribution in [0, 0.1) is 10.1 Å². The number of anilines is 2. The van der Waals surface area contributed by atoms with Crippen molar-refractivity contribution in [1.82, 2.24) is 9.97 Å². The van der Waals surface area contributed by atoms with Crippen molar-refractivity contribution < 1.29 is 10.0 Å². The predicted octanol–water partition coefficient (Wildman–Crippen LogP) is 3.07. The molecule has 0 bridgehead atoms. The van der Waals surface area contributed by atoms with Crippen molar-refractivity contribution in [2.24, 2.45) is 0 Å². The number of nitro groups is 1. The molecule has 3 rings (SSSR count). The summed E-state index contributed by atoms with van der Waals surface area (Å²) >= 11 is 0. The summed E-state index contributed by atoms with van der Waals surface area (Å²) in [5, 5.41) is 27.3. The highest BCUT2D eigenvalue weighted by Crippen LogP contribution is 2.29. The number of nitro benzene ring substituents is 1. The zero-order chi connectivity index (χ0) is 18.5. The van der Waals surface area contributed by atoms with Crippen molar-refractivity contribution in [3.05, 3.63) is 63.8 Å². The van der Waals surface area contributed by atoms with E-state index < -0.39 is 4.92 Å². The molecule has 3 aromatic rings. The highest BCUT2D eigenvalue weighted by atomic mass is 16.6. The molecular formula is C18H19N5O3. The largest absolute Gasteiger partial charge is 0.392 e. The van der Waals surface area contributed by atoms with E-state index in [1.807, 2.05) is 31.2 Å². The lowest BCUT2D eigenvalue weighted by molar-refractivity contribution is -0.383. The molecule has 3 N–H and O–H groups in total.